The number of nitrogens with zero attached hydrogens (tertiary/aromatic N) is 2. The molecule has 2 N–H and O–H groups in total. The molecule has 98 valence electrons. The lowest BCUT2D eigenvalue weighted by atomic mass is 10.2. The zero-order chi connectivity index (χ0) is 13.2. The molecule has 0 unspecified atom stereocenters. The van der Waals surface area contributed by atoms with Gasteiger partial charge in [0.25, 0.3) is 10.0 Å². The maximum Gasteiger partial charge on any atom is 0.285 e. The van der Waals surface area contributed by atoms with E-state index in [1.165, 1.54) is 6.07 Å². The summed E-state index contributed by atoms with van der Waals surface area (Å²) >= 11 is 0. The fourth-order valence-corrected chi connectivity index (χ4v) is 3.11. The summed E-state index contributed by atoms with van der Waals surface area (Å²) in [6, 6.07) is 6.53. The van der Waals surface area contributed by atoms with Gasteiger partial charge in [0.05, 0.1) is 13.2 Å². The Morgan fingerprint density at radius 1 is 1.11 bits per heavy atom. The Bertz CT molecular complexity index is 562. The van der Waals surface area contributed by atoms with Crippen LogP contribution in [0.15, 0.2) is 33.6 Å². The molecular formula is C11H14N2O4S. The van der Waals surface area contributed by atoms with E-state index in [1.807, 2.05) is 0 Å². The van der Waals surface area contributed by atoms with Crippen LogP contribution in [0.2, 0.25) is 0 Å². The summed E-state index contributed by atoms with van der Waals surface area (Å²) in [5.74, 6) is 0.286. The Morgan fingerprint density at radius 3 is 2.33 bits per heavy atom. The molecule has 0 amide bonds. The van der Waals surface area contributed by atoms with Gasteiger partial charge in [-0.3, -0.25) is 0 Å². The molecule has 7 heteroatoms. The molecule has 0 aromatic heterocycles. The van der Waals surface area contributed by atoms with Crippen LogP contribution in [0.5, 0.6) is 0 Å². The fraction of sp³-hybridized carbons (Fsp3) is 0.364. The molecule has 1 aliphatic heterocycles. The largest absolute Gasteiger partial charge is 0.395 e. The van der Waals surface area contributed by atoms with Gasteiger partial charge in [-0.15, -0.1) is 4.40 Å². The number of hydrogen-bond acceptors (Lipinski definition) is 5. The second-order valence-corrected chi connectivity index (χ2v) is 5.39. The smallest absolute Gasteiger partial charge is 0.285 e. The molecule has 0 saturated carbocycles. The molecular weight excluding hydrogens is 256 g/mol. The second kappa shape index (κ2) is 5.05. The molecule has 0 aliphatic carbocycles. The Kier molecular flexibility index (Phi) is 3.65. The van der Waals surface area contributed by atoms with Crippen LogP contribution in [-0.4, -0.2) is 55.7 Å². The van der Waals surface area contributed by atoms with Gasteiger partial charge in [0.15, 0.2) is 5.84 Å². The van der Waals surface area contributed by atoms with Gasteiger partial charge < -0.3 is 15.1 Å². The number of benzene rings is 1. The van der Waals surface area contributed by atoms with Gasteiger partial charge in [-0.05, 0) is 12.1 Å². The van der Waals surface area contributed by atoms with E-state index in [0.717, 1.165) is 0 Å². The minimum Gasteiger partial charge on any atom is -0.395 e. The second-order valence-electron chi connectivity index (χ2n) is 3.82. The fourth-order valence-electron chi connectivity index (χ4n) is 1.88. The highest BCUT2D eigenvalue weighted by Gasteiger charge is 2.31. The van der Waals surface area contributed by atoms with Crippen molar-refractivity contribution in [1.29, 1.82) is 0 Å². The molecule has 18 heavy (non-hydrogen) atoms. The highest BCUT2D eigenvalue weighted by Crippen LogP contribution is 2.27. The van der Waals surface area contributed by atoms with Gasteiger partial charge >= 0.3 is 0 Å². The molecule has 0 spiro atoms. The highest BCUT2D eigenvalue weighted by atomic mass is 32.2. The van der Waals surface area contributed by atoms with Crippen LogP contribution in [0.4, 0.5) is 0 Å². The molecule has 1 heterocycles. The van der Waals surface area contributed by atoms with E-state index in [0.29, 0.717) is 5.56 Å². The van der Waals surface area contributed by atoms with Crippen molar-refractivity contribution >= 4 is 15.9 Å². The maximum absolute atomic E-state index is 11.8. The standard InChI is InChI=1S/C11H14N2O4S/c14-7-5-13(6-8-15)11-9-3-1-2-4-10(9)18(16,17)12-11/h1-4,14-15H,5-8H2. The van der Waals surface area contributed by atoms with Crippen molar-refractivity contribution in [2.75, 3.05) is 26.3 Å². The minimum absolute atomic E-state index is 0.138. The van der Waals surface area contributed by atoms with E-state index in [1.54, 1.807) is 23.1 Å². The number of aliphatic hydroxyl groups is 2. The van der Waals surface area contributed by atoms with Gasteiger partial charge in [-0.1, -0.05) is 12.1 Å². The zero-order valence-electron chi connectivity index (χ0n) is 9.65. The monoisotopic (exact) mass is 270 g/mol. The number of hydrogen-bond donors (Lipinski definition) is 2. The summed E-state index contributed by atoms with van der Waals surface area (Å²) in [6.45, 7) is 0.176. The molecule has 1 aliphatic rings. The van der Waals surface area contributed by atoms with Crippen molar-refractivity contribution < 1.29 is 18.6 Å². The molecule has 0 bridgehead atoms. The van der Waals surface area contributed by atoms with E-state index in [9.17, 15) is 8.42 Å². The van der Waals surface area contributed by atoms with Gasteiger partial charge in [-0.25, -0.2) is 0 Å². The SMILES string of the molecule is O=S1(=O)N=C(N(CCO)CCO)c2ccccc21. The summed E-state index contributed by atoms with van der Waals surface area (Å²) < 4.78 is 27.4. The normalized spacial score (nSPS) is 16.2. The Balaban J connectivity index is 2.46. The molecule has 2 rings (SSSR count). The first-order chi connectivity index (χ1) is 8.60. The average Bonchev–Trinajstić information content (AvgIpc) is 2.62. The van der Waals surface area contributed by atoms with Crippen molar-refractivity contribution in [3.8, 4) is 0 Å². The summed E-state index contributed by atoms with van der Waals surface area (Å²) in [5, 5.41) is 17.9. The molecule has 1 aromatic carbocycles. The summed E-state index contributed by atoms with van der Waals surface area (Å²) in [5.41, 5.74) is 0.513. The third-order valence-electron chi connectivity index (χ3n) is 2.65. The summed E-state index contributed by atoms with van der Waals surface area (Å²) in [4.78, 5) is 1.73. The number of rotatable bonds is 4. The molecule has 6 nitrogen and oxygen atoms in total. The van der Waals surface area contributed by atoms with Gasteiger partial charge in [0.2, 0.25) is 0 Å². The first-order valence-electron chi connectivity index (χ1n) is 5.51. The van der Waals surface area contributed by atoms with Crippen molar-refractivity contribution in [1.82, 2.24) is 4.90 Å². The van der Waals surface area contributed by atoms with E-state index in [4.69, 9.17) is 10.2 Å². The lowest BCUT2D eigenvalue weighted by Gasteiger charge is -2.22. The quantitative estimate of drug-likeness (QED) is 0.764. The third-order valence-corrected chi connectivity index (χ3v) is 3.98. The van der Waals surface area contributed by atoms with E-state index in [2.05, 4.69) is 4.40 Å². The van der Waals surface area contributed by atoms with Crippen LogP contribution in [-0.2, 0) is 10.0 Å². The van der Waals surface area contributed by atoms with Crippen molar-refractivity contribution in [3.05, 3.63) is 29.8 Å². The predicted octanol–water partition coefficient (Wildman–Crippen LogP) is -0.578. The van der Waals surface area contributed by atoms with Gasteiger partial charge in [0.1, 0.15) is 4.90 Å². The minimum atomic E-state index is -3.65. The lowest BCUT2D eigenvalue weighted by Crippen LogP contribution is -2.35. The van der Waals surface area contributed by atoms with Crippen molar-refractivity contribution in [2.45, 2.75) is 4.90 Å². The number of amidine groups is 1. The van der Waals surface area contributed by atoms with Crippen LogP contribution in [0, 0.1) is 0 Å². The Hall–Kier alpha value is -1.44. The zero-order valence-corrected chi connectivity index (χ0v) is 10.5. The summed E-state index contributed by atoms with van der Waals surface area (Å²) in [6.07, 6.45) is 0. The van der Waals surface area contributed by atoms with Gasteiger partial charge in [0, 0.05) is 18.7 Å². The average molecular weight is 270 g/mol. The molecule has 0 radical (unpaired) electrons. The van der Waals surface area contributed by atoms with Crippen LogP contribution in [0.25, 0.3) is 0 Å². The van der Waals surface area contributed by atoms with E-state index in [-0.39, 0.29) is 37.0 Å². The topological polar surface area (TPSA) is 90.2 Å². The van der Waals surface area contributed by atoms with Crippen molar-refractivity contribution in [3.63, 3.8) is 0 Å². The van der Waals surface area contributed by atoms with Crippen LogP contribution >= 0.6 is 0 Å². The highest BCUT2D eigenvalue weighted by molar-refractivity contribution is 7.90. The van der Waals surface area contributed by atoms with E-state index >= 15 is 0 Å². The molecule has 0 saturated heterocycles. The first kappa shape index (κ1) is 13.0. The van der Waals surface area contributed by atoms with Gasteiger partial charge in [-0.2, -0.15) is 8.42 Å². The third kappa shape index (κ3) is 2.24. The number of fused-ring (bicyclic) bond motifs is 1. The predicted molar refractivity (Wildman–Crippen MR) is 65.9 cm³/mol. The Labute approximate surface area is 105 Å². The van der Waals surface area contributed by atoms with E-state index < -0.39 is 10.0 Å². The molecule has 0 atom stereocenters. The summed E-state index contributed by atoms with van der Waals surface area (Å²) in [7, 11) is -3.65. The number of sulfonamides is 1. The lowest BCUT2D eigenvalue weighted by molar-refractivity contribution is 0.212. The van der Waals surface area contributed by atoms with Crippen LogP contribution < -0.4 is 0 Å². The van der Waals surface area contributed by atoms with Crippen molar-refractivity contribution in [2.24, 2.45) is 4.40 Å². The Morgan fingerprint density at radius 2 is 1.72 bits per heavy atom. The number of aliphatic hydroxyl groups excluding tert-OH is 2. The molecule has 1 aromatic rings. The van der Waals surface area contributed by atoms with Crippen LogP contribution in [0.1, 0.15) is 5.56 Å². The van der Waals surface area contributed by atoms with Crippen LogP contribution in [0.3, 0.4) is 0 Å². The first-order valence-corrected chi connectivity index (χ1v) is 6.95. The molecule has 0 fully saturated rings. The maximum atomic E-state index is 11.8.